The number of hydrogen-bond acceptors (Lipinski definition) is 5. The van der Waals surface area contributed by atoms with Gasteiger partial charge < -0.3 is 20.1 Å². The molecule has 0 bridgehead atoms. The average Bonchev–Trinajstić information content (AvgIpc) is 3.52. The van der Waals surface area contributed by atoms with Gasteiger partial charge in [-0.2, -0.15) is 0 Å². The SMILES string of the molecule is C=C1C(=CC=C2CCC[C@]3(C)[C@@H](C4(C=C[C@H](O)C(C)(C)C(=O)OCC)CC4)CC[C@@H]23)C[C@@H](O)C[C@@H]1O. The Morgan fingerprint density at radius 3 is 2.61 bits per heavy atom. The average molecular weight is 499 g/mol. The molecule has 4 saturated carbocycles. The quantitative estimate of drug-likeness (QED) is 0.323. The van der Waals surface area contributed by atoms with Gasteiger partial charge in [-0.3, -0.25) is 4.79 Å². The summed E-state index contributed by atoms with van der Waals surface area (Å²) in [5, 5.41) is 31.2. The third-order valence-electron chi connectivity index (χ3n) is 9.90. The third kappa shape index (κ3) is 5.04. The van der Waals surface area contributed by atoms with Gasteiger partial charge in [0.25, 0.3) is 0 Å². The van der Waals surface area contributed by atoms with Gasteiger partial charge in [0.1, 0.15) is 0 Å². The van der Waals surface area contributed by atoms with Gasteiger partial charge in [0.15, 0.2) is 0 Å². The number of carbonyl (C=O) groups is 1. The molecule has 0 heterocycles. The van der Waals surface area contributed by atoms with Crippen LogP contribution in [0.1, 0.15) is 85.5 Å². The largest absolute Gasteiger partial charge is 0.465 e. The lowest BCUT2D eigenvalue weighted by molar-refractivity contribution is -0.158. The van der Waals surface area contributed by atoms with Gasteiger partial charge in [0, 0.05) is 6.42 Å². The molecule has 200 valence electrons. The van der Waals surface area contributed by atoms with Crippen LogP contribution in [0.3, 0.4) is 0 Å². The molecule has 0 spiro atoms. The maximum Gasteiger partial charge on any atom is 0.314 e. The van der Waals surface area contributed by atoms with E-state index in [0.717, 1.165) is 30.4 Å². The van der Waals surface area contributed by atoms with Crippen molar-refractivity contribution in [1.82, 2.24) is 0 Å². The van der Waals surface area contributed by atoms with E-state index in [1.54, 1.807) is 20.8 Å². The van der Waals surface area contributed by atoms with E-state index < -0.39 is 23.7 Å². The zero-order valence-electron chi connectivity index (χ0n) is 22.6. The molecular formula is C31H46O5. The number of hydrogen-bond donors (Lipinski definition) is 3. The van der Waals surface area contributed by atoms with E-state index in [1.165, 1.54) is 31.3 Å². The van der Waals surface area contributed by atoms with Crippen molar-refractivity contribution in [3.05, 3.63) is 47.6 Å². The topological polar surface area (TPSA) is 87.0 Å². The Morgan fingerprint density at radius 2 is 1.94 bits per heavy atom. The summed E-state index contributed by atoms with van der Waals surface area (Å²) in [4.78, 5) is 12.3. The zero-order valence-corrected chi connectivity index (χ0v) is 22.6. The predicted octanol–water partition coefficient (Wildman–Crippen LogP) is 5.41. The summed E-state index contributed by atoms with van der Waals surface area (Å²) in [7, 11) is 0. The van der Waals surface area contributed by atoms with Crippen molar-refractivity contribution in [2.24, 2.45) is 28.1 Å². The van der Waals surface area contributed by atoms with Crippen LogP contribution in [-0.4, -0.2) is 46.2 Å². The predicted molar refractivity (Wildman–Crippen MR) is 142 cm³/mol. The molecule has 6 atom stereocenters. The van der Waals surface area contributed by atoms with Crippen molar-refractivity contribution in [1.29, 1.82) is 0 Å². The molecule has 0 aromatic heterocycles. The first-order valence-corrected chi connectivity index (χ1v) is 13.9. The van der Waals surface area contributed by atoms with E-state index in [1.807, 2.05) is 6.08 Å². The monoisotopic (exact) mass is 498 g/mol. The first-order chi connectivity index (χ1) is 16.9. The van der Waals surface area contributed by atoms with Crippen LogP contribution in [0.4, 0.5) is 0 Å². The molecule has 0 saturated heterocycles. The van der Waals surface area contributed by atoms with Gasteiger partial charge in [-0.05, 0) is 106 Å². The number of fused-ring (bicyclic) bond motifs is 1. The lowest BCUT2D eigenvalue weighted by atomic mass is 9.60. The highest BCUT2D eigenvalue weighted by atomic mass is 16.5. The van der Waals surface area contributed by atoms with Gasteiger partial charge in [0.05, 0.1) is 30.3 Å². The van der Waals surface area contributed by atoms with Crippen molar-refractivity contribution in [3.8, 4) is 0 Å². The van der Waals surface area contributed by atoms with Crippen LogP contribution in [0.15, 0.2) is 47.6 Å². The lowest BCUT2D eigenvalue weighted by Gasteiger charge is -2.45. The maximum absolute atomic E-state index is 12.3. The minimum atomic E-state index is -0.969. The Bertz CT molecular complexity index is 952. The van der Waals surface area contributed by atoms with Crippen LogP contribution in [0.5, 0.6) is 0 Å². The standard InChI is InChI=1S/C31H46O5/c1-6-36-28(35)29(3,4)27(34)13-15-31(16-17-31)26-12-11-24-21(8-7-14-30(24,26)5)9-10-22-18-23(32)19-25(33)20(22)2/h9-10,13,15,23-27,32-34H,2,6-8,11-12,14,16-19H2,1,3-5H3/t23-,24+,25+,26+,27+,30+/m1/s1. The van der Waals surface area contributed by atoms with Gasteiger partial charge in [-0.15, -0.1) is 0 Å². The highest BCUT2D eigenvalue weighted by Gasteiger charge is 2.60. The summed E-state index contributed by atoms with van der Waals surface area (Å²) in [6.07, 6.45) is 15.5. The maximum atomic E-state index is 12.3. The first kappa shape index (κ1) is 27.3. The summed E-state index contributed by atoms with van der Waals surface area (Å²) in [6, 6.07) is 0. The molecular weight excluding hydrogens is 452 g/mol. The highest BCUT2D eigenvalue weighted by Crippen LogP contribution is 2.69. The van der Waals surface area contributed by atoms with Gasteiger partial charge in [-0.25, -0.2) is 0 Å². The molecule has 3 N–H and O–H groups in total. The minimum absolute atomic E-state index is 0.113. The molecule has 0 unspecified atom stereocenters. The second-order valence-electron chi connectivity index (χ2n) is 12.6. The van der Waals surface area contributed by atoms with Crippen molar-refractivity contribution in [2.45, 2.75) is 104 Å². The third-order valence-corrected chi connectivity index (χ3v) is 9.90. The minimum Gasteiger partial charge on any atom is -0.465 e. The van der Waals surface area contributed by atoms with Crippen LogP contribution in [-0.2, 0) is 9.53 Å². The van der Waals surface area contributed by atoms with E-state index in [4.69, 9.17) is 4.74 Å². The summed E-state index contributed by atoms with van der Waals surface area (Å²) < 4.78 is 5.18. The van der Waals surface area contributed by atoms with E-state index in [9.17, 15) is 20.1 Å². The Hall–Kier alpha value is -1.69. The van der Waals surface area contributed by atoms with Crippen molar-refractivity contribution in [2.75, 3.05) is 6.61 Å². The summed E-state index contributed by atoms with van der Waals surface area (Å²) in [6.45, 7) is 12.1. The molecule has 0 aromatic rings. The van der Waals surface area contributed by atoms with Crippen molar-refractivity contribution in [3.63, 3.8) is 0 Å². The van der Waals surface area contributed by atoms with E-state index in [2.05, 4.69) is 31.7 Å². The first-order valence-electron chi connectivity index (χ1n) is 13.9. The second kappa shape index (κ2) is 10.2. The molecule has 5 nitrogen and oxygen atoms in total. The van der Waals surface area contributed by atoms with Gasteiger partial charge >= 0.3 is 5.97 Å². The summed E-state index contributed by atoms with van der Waals surface area (Å²) in [5.74, 6) is 0.733. The molecule has 0 aliphatic heterocycles. The molecule has 4 aliphatic carbocycles. The normalized spacial score (nSPS) is 37.4. The second-order valence-corrected chi connectivity index (χ2v) is 12.6. The number of rotatable bonds is 7. The summed E-state index contributed by atoms with van der Waals surface area (Å²) >= 11 is 0. The van der Waals surface area contributed by atoms with Crippen LogP contribution < -0.4 is 0 Å². The van der Waals surface area contributed by atoms with Crippen LogP contribution >= 0.6 is 0 Å². The van der Waals surface area contributed by atoms with Crippen LogP contribution in [0.2, 0.25) is 0 Å². The molecule has 36 heavy (non-hydrogen) atoms. The fraction of sp³-hybridized carbons (Fsp3) is 0.710. The number of ether oxygens (including phenoxy) is 1. The smallest absolute Gasteiger partial charge is 0.314 e. The Kier molecular flexibility index (Phi) is 7.77. The number of aliphatic hydroxyl groups is 3. The fourth-order valence-electron chi connectivity index (χ4n) is 7.39. The Morgan fingerprint density at radius 1 is 1.22 bits per heavy atom. The molecule has 4 aliphatic rings. The van der Waals surface area contributed by atoms with E-state index in [0.29, 0.717) is 31.3 Å². The molecule has 0 radical (unpaired) electrons. The number of allylic oxidation sites excluding steroid dienone is 4. The number of aliphatic hydroxyl groups excluding tert-OH is 3. The zero-order chi connectivity index (χ0) is 26.3. The van der Waals surface area contributed by atoms with E-state index >= 15 is 0 Å². The molecule has 0 aromatic carbocycles. The van der Waals surface area contributed by atoms with Crippen LogP contribution in [0, 0.1) is 28.1 Å². The lowest BCUT2D eigenvalue weighted by Crippen LogP contribution is -2.38. The molecule has 4 fully saturated rings. The molecule has 0 amide bonds. The Balaban J connectivity index is 1.51. The van der Waals surface area contributed by atoms with Gasteiger partial charge in [0.2, 0.25) is 0 Å². The summed E-state index contributed by atoms with van der Waals surface area (Å²) in [5.41, 5.74) is 2.56. The number of carbonyl (C=O) groups excluding carboxylic acids is 1. The van der Waals surface area contributed by atoms with Gasteiger partial charge in [-0.1, -0.05) is 43.4 Å². The van der Waals surface area contributed by atoms with Crippen molar-refractivity contribution >= 4 is 5.97 Å². The highest BCUT2D eigenvalue weighted by molar-refractivity contribution is 5.77. The van der Waals surface area contributed by atoms with E-state index in [-0.39, 0.29) is 16.8 Å². The van der Waals surface area contributed by atoms with Crippen LogP contribution in [0.25, 0.3) is 0 Å². The molecule has 4 rings (SSSR count). The fourth-order valence-corrected chi connectivity index (χ4v) is 7.39. The molecule has 5 heteroatoms. The number of esters is 1. The Labute approximate surface area is 217 Å². The van der Waals surface area contributed by atoms with Crippen molar-refractivity contribution < 1.29 is 24.9 Å².